The molecule has 0 fully saturated rings. The lowest BCUT2D eigenvalue weighted by molar-refractivity contribution is -0.384. The molecule has 7 nitrogen and oxygen atoms in total. The summed E-state index contributed by atoms with van der Waals surface area (Å²) in [4.78, 5) is 10.5. The highest BCUT2D eigenvalue weighted by atomic mass is 16.6. The van der Waals surface area contributed by atoms with Gasteiger partial charge in [-0.15, -0.1) is 5.10 Å². The van der Waals surface area contributed by atoms with Crippen LogP contribution in [-0.2, 0) is 12.8 Å². The molecule has 0 aliphatic carbocycles. The van der Waals surface area contributed by atoms with Gasteiger partial charge in [-0.25, -0.2) is 0 Å². The number of fused-ring (bicyclic) bond motifs is 3. The van der Waals surface area contributed by atoms with E-state index in [1.54, 1.807) is 6.07 Å². The van der Waals surface area contributed by atoms with Gasteiger partial charge in [0.15, 0.2) is 5.82 Å². The molecule has 0 radical (unpaired) electrons. The average Bonchev–Trinajstić information content (AvgIpc) is 2.76. The summed E-state index contributed by atoms with van der Waals surface area (Å²) in [5.74, 6) is 0.668. The highest BCUT2D eigenvalue weighted by Gasteiger charge is 2.26. The van der Waals surface area contributed by atoms with Gasteiger partial charge in [0.25, 0.3) is 5.69 Å². The number of aryl methyl sites for hydroxylation is 2. The standard InChI is InChI=1S/C9H7N5O2/c15-14(16)7-3-1-2-6-4-5-8-10-11-12-13(8)9(6)7/h1-3H,4-5H2. The summed E-state index contributed by atoms with van der Waals surface area (Å²) in [7, 11) is 0. The van der Waals surface area contributed by atoms with E-state index in [0.29, 0.717) is 17.9 Å². The highest BCUT2D eigenvalue weighted by Crippen LogP contribution is 2.30. The van der Waals surface area contributed by atoms with Crippen molar-refractivity contribution < 1.29 is 4.92 Å². The van der Waals surface area contributed by atoms with Gasteiger partial charge in [0, 0.05) is 12.5 Å². The molecular formula is C9H7N5O2. The van der Waals surface area contributed by atoms with E-state index >= 15 is 0 Å². The minimum atomic E-state index is -0.407. The average molecular weight is 217 g/mol. The van der Waals surface area contributed by atoms with E-state index in [0.717, 1.165) is 12.0 Å². The summed E-state index contributed by atoms with van der Waals surface area (Å²) in [6.07, 6.45) is 1.44. The number of hydrogen-bond donors (Lipinski definition) is 0. The zero-order valence-corrected chi connectivity index (χ0v) is 8.20. The molecule has 0 saturated heterocycles. The zero-order valence-electron chi connectivity index (χ0n) is 8.20. The third-order valence-corrected chi connectivity index (χ3v) is 2.66. The van der Waals surface area contributed by atoms with Gasteiger partial charge in [-0.1, -0.05) is 12.1 Å². The van der Waals surface area contributed by atoms with Gasteiger partial charge in [-0.3, -0.25) is 10.1 Å². The van der Waals surface area contributed by atoms with E-state index < -0.39 is 4.92 Å². The van der Waals surface area contributed by atoms with E-state index in [1.165, 1.54) is 10.7 Å². The number of nitrogens with zero attached hydrogens (tertiary/aromatic N) is 5. The van der Waals surface area contributed by atoms with Gasteiger partial charge >= 0.3 is 0 Å². The zero-order chi connectivity index (χ0) is 11.1. The minimum absolute atomic E-state index is 0.0470. The van der Waals surface area contributed by atoms with Crippen molar-refractivity contribution in [3.05, 3.63) is 39.7 Å². The molecule has 2 aromatic rings. The van der Waals surface area contributed by atoms with Crippen LogP contribution in [0.1, 0.15) is 11.4 Å². The molecule has 1 aliphatic rings. The second kappa shape index (κ2) is 3.09. The summed E-state index contributed by atoms with van der Waals surface area (Å²) < 4.78 is 1.46. The SMILES string of the molecule is O=[N+]([O-])c1cccc2c1-n1nnnc1CC2. The Morgan fingerprint density at radius 3 is 3.06 bits per heavy atom. The Balaban J connectivity index is 2.33. The molecular weight excluding hydrogens is 210 g/mol. The Morgan fingerprint density at radius 1 is 1.38 bits per heavy atom. The van der Waals surface area contributed by atoms with Crippen LogP contribution in [0, 0.1) is 10.1 Å². The number of tetrazole rings is 1. The van der Waals surface area contributed by atoms with Gasteiger partial charge in [0.1, 0.15) is 5.69 Å². The van der Waals surface area contributed by atoms with Crippen LogP contribution in [0.25, 0.3) is 5.69 Å². The van der Waals surface area contributed by atoms with Crippen LogP contribution in [0.2, 0.25) is 0 Å². The van der Waals surface area contributed by atoms with Crippen molar-refractivity contribution >= 4 is 5.69 Å². The largest absolute Gasteiger partial charge is 0.295 e. The number of nitro groups is 1. The lowest BCUT2D eigenvalue weighted by Crippen LogP contribution is -2.15. The van der Waals surface area contributed by atoms with E-state index in [4.69, 9.17) is 0 Å². The van der Waals surface area contributed by atoms with Gasteiger partial charge in [-0.2, -0.15) is 4.68 Å². The summed E-state index contributed by atoms with van der Waals surface area (Å²) in [5.41, 5.74) is 1.46. The van der Waals surface area contributed by atoms with Crippen molar-refractivity contribution in [2.24, 2.45) is 0 Å². The van der Waals surface area contributed by atoms with E-state index in [1.807, 2.05) is 6.07 Å². The minimum Gasteiger partial charge on any atom is -0.258 e. The molecule has 7 heteroatoms. The highest BCUT2D eigenvalue weighted by molar-refractivity contribution is 5.58. The maximum atomic E-state index is 10.9. The molecule has 3 rings (SSSR count). The van der Waals surface area contributed by atoms with E-state index in [9.17, 15) is 10.1 Å². The van der Waals surface area contributed by atoms with Crippen LogP contribution in [0.15, 0.2) is 18.2 Å². The lowest BCUT2D eigenvalue weighted by atomic mass is 10.0. The molecule has 0 spiro atoms. The fourth-order valence-corrected chi connectivity index (χ4v) is 1.95. The first-order valence-corrected chi connectivity index (χ1v) is 4.81. The number of benzene rings is 1. The van der Waals surface area contributed by atoms with Crippen molar-refractivity contribution in [1.82, 2.24) is 20.2 Å². The molecule has 1 aliphatic heterocycles. The molecule has 1 aromatic carbocycles. The number of aromatic nitrogens is 4. The van der Waals surface area contributed by atoms with Crippen LogP contribution in [-0.4, -0.2) is 25.1 Å². The van der Waals surface area contributed by atoms with Crippen LogP contribution in [0.3, 0.4) is 0 Å². The van der Waals surface area contributed by atoms with Gasteiger partial charge in [0.2, 0.25) is 0 Å². The Kier molecular flexibility index (Phi) is 1.73. The van der Waals surface area contributed by atoms with Gasteiger partial charge in [0.05, 0.1) is 4.92 Å². The number of hydrogen-bond acceptors (Lipinski definition) is 5. The topological polar surface area (TPSA) is 86.7 Å². The summed E-state index contributed by atoms with van der Waals surface area (Å²) in [6.45, 7) is 0. The third-order valence-electron chi connectivity index (χ3n) is 2.66. The quantitative estimate of drug-likeness (QED) is 0.517. The Bertz CT molecular complexity index is 577. The molecule has 0 N–H and O–H groups in total. The van der Waals surface area contributed by atoms with Crippen molar-refractivity contribution in [1.29, 1.82) is 0 Å². The predicted molar refractivity (Wildman–Crippen MR) is 53.2 cm³/mol. The first-order valence-electron chi connectivity index (χ1n) is 4.81. The Hall–Kier alpha value is -2.31. The van der Waals surface area contributed by atoms with Crippen molar-refractivity contribution in [2.45, 2.75) is 12.8 Å². The van der Waals surface area contributed by atoms with Gasteiger partial charge < -0.3 is 0 Å². The molecule has 80 valence electrons. The smallest absolute Gasteiger partial charge is 0.258 e. The van der Waals surface area contributed by atoms with Gasteiger partial charge in [-0.05, 0) is 22.4 Å². The number of rotatable bonds is 1. The van der Waals surface area contributed by atoms with Crippen molar-refractivity contribution in [2.75, 3.05) is 0 Å². The van der Waals surface area contributed by atoms with Crippen molar-refractivity contribution in [3.63, 3.8) is 0 Å². The monoisotopic (exact) mass is 217 g/mol. The Morgan fingerprint density at radius 2 is 2.25 bits per heavy atom. The number of nitro benzene ring substituents is 1. The van der Waals surface area contributed by atoms with Crippen molar-refractivity contribution in [3.8, 4) is 5.69 Å². The second-order valence-corrected chi connectivity index (χ2v) is 3.55. The fraction of sp³-hybridized carbons (Fsp3) is 0.222. The number of para-hydroxylation sites is 1. The predicted octanol–water partition coefficient (Wildman–Crippen LogP) is 0.669. The Labute approximate surface area is 89.8 Å². The lowest BCUT2D eigenvalue weighted by Gasteiger charge is -2.14. The molecule has 1 aromatic heterocycles. The molecule has 0 atom stereocenters. The van der Waals surface area contributed by atoms with Crippen LogP contribution in [0.4, 0.5) is 5.69 Å². The van der Waals surface area contributed by atoms with E-state index in [-0.39, 0.29) is 5.69 Å². The first-order chi connectivity index (χ1) is 7.77. The molecule has 2 heterocycles. The van der Waals surface area contributed by atoms with Crippen LogP contribution < -0.4 is 0 Å². The second-order valence-electron chi connectivity index (χ2n) is 3.55. The maximum absolute atomic E-state index is 10.9. The summed E-state index contributed by atoms with van der Waals surface area (Å²) >= 11 is 0. The molecule has 0 saturated carbocycles. The third kappa shape index (κ3) is 1.11. The first kappa shape index (κ1) is 8.96. The molecule has 0 unspecified atom stereocenters. The van der Waals surface area contributed by atoms with Crippen LogP contribution in [0.5, 0.6) is 0 Å². The summed E-state index contributed by atoms with van der Waals surface area (Å²) in [6, 6.07) is 5.02. The van der Waals surface area contributed by atoms with E-state index in [2.05, 4.69) is 15.5 Å². The maximum Gasteiger partial charge on any atom is 0.295 e. The molecule has 0 bridgehead atoms. The van der Waals surface area contributed by atoms with Crippen LogP contribution >= 0.6 is 0 Å². The normalized spacial score (nSPS) is 13.0. The molecule has 0 amide bonds. The fourth-order valence-electron chi connectivity index (χ4n) is 1.95. The molecule has 16 heavy (non-hydrogen) atoms. The summed E-state index contributed by atoms with van der Waals surface area (Å²) in [5, 5.41) is 22.1.